The van der Waals surface area contributed by atoms with Crippen LogP contribution in [0.4, 0.5) is 0 Å². The Labute approximate surface area is 137 Å². The van der Waals surface area contributed by atoms with Crippen LogP contribution in [0.5, 0.6) is 0 Å². The van der Waals surface area contributed by atoms with Crippen LogP contribution in [0, 0.1) is 0 Å². The van der Waals surface area contributed by atoms with Crippen LogP contribution in [-0.4, -0.2) is 45.8 Å². The molecule has 0 spiro atoms. The van der Waals surface area contributed by atoms with Gasteiger partial charge in [0, 0.05) is 19.1 Å². The highest BCUT2D eigenvalue weighted by molar-refractivity contribution is 6.04. The third kappa shape index (κ3) is 3.92. The van der Waals surface area contributed by atoms with Gasteiger partial charge in [0.2, 0.25) is 0 Å². The molecular weight excluding hydrogens is 292 g/mol. The van der Waals surface area contributed by atoms with E-state index >= 15 is 0 Å². The van der Waals surface area contributed by atoms with Crippen LogP contribution in [-0.2, 0) is 0 Å². The van der Waals surface area contributed by atoms with Gasteiger partial charge in [-0.05, 0) is 25.7 Å². The van der Waals surface area contributed by atoms with Gasteiger partial charge in [0.15, 0.2) is 5.69 Å². The fraction of sp³-hybridized carbons (Fsp3) is 0.706. The number of nitrogens with zero attached hydrogens (tertiary/aromatic N) is 2. The standard InChI is InChI=1S/C17H26N4O2/c22-16(20-13-8-4-3-5-9-13)14-15(19-12-18-14)17(23)21-10-6-1-2-7-11-21/h12-13H,1-11H2,(H,18,19)(H,20,22). The number of aromatic nitrogens is 2. The predicted octanol–water partition coefficient (Wildman–Crippen LogP) is 2.49. The zero-order valence-electron chi connectivity index (χ0n) is 13.6. The predicted molar refractivity (Wildman–Crippen MR) is 87.3 cm³/mol. The lowest BCUT2D eigenvalue weighted by molar-refractivity contribution is 0.0748. The van der Waals surface area contributed by atoms with E-state index in [1.807, 2.05) is 4.90 Å². The maximum Gasteiger partial charge on any atom is 0.272 e. The van der Waals surface area contributed by atoms with Crippen molar-refractivity contribution in [1.29, 1.82) is 0 Å². The molecule has 1 aliphatic carbocycles. The van der Waals surface area contributed by atoms with Gasteiger partial charge in [-0.1, -0.05) is 32.1 Å². The molecule has 23 heavy (non-hydrogen) atoms. The highest BCUT2D eigenvalue weighted by Gasteiger charge is 2.26. The SMILES string of the molecule is O=C(NC1CCCCC1)c1nc[nH]c1C(=O)N1CCCCCC1. The van der Waals surface area contributed by atoms with Crippen molar-refractivity contribution >= 4 is 11.8 Å². The second-order valence-electron chi connectivity index (χ2n) is 6.64. The molecule has 6 nitrogen and oxygen atoms in total. The number of aromatic amines is 1. The average Bonchev–Trinajstić information content (AvgIpc) is 2.90. The van der Waals surface area contributed by atoms with Gasteiger partial charge in [-0.25, -0.2) is 4.98 Å². The number of H-pyrrole nitrogens is 1. The van der Waals surface area contributed by atoms with Crippen molar-refractivity contribution in [3.05, 3.63) is 17.7 Å². The van der Waals surface area contributed by atoms with Crippen LogP contribution >= 0.6 is 0 Å². The number of imidazole rings is 1. The van der Waals surface area contributed by atoms with Crippen molar-refractivity contribution in [1.82, 2.24) is 20.2 Å². The normalized spacial score (nSPS) is 20.1. The third-order valence-corrected chi connectivity index (χ3v) is 4.90. The molecule has 2 amide bonds. The molecule has 1 aromatic rings. The summed E-state index contributed by atoms with van der Waals surface area (Å²) in [6.45, 7) is 1.53. The molecule has 2 fully saturated rings. The number of carbonyl (C=O) groups excluding carboxylic acids is 2. The Morgan fingerprint density at radius 1 is 1.04 bits per heavy atom. The van der Waals surface area contributed by atoms with Crippen molar-refractivity contribution < 1.29 is 9.59 Å². The average molecular weight is 318 g/mol. The maximum atomic E-state index is 12.7. The molecular formula is C17H26N4O2. The van der Waals surface area contributed by atoms with Gasteiger partial charge >= 0.3 is 0 Å². The lowest BCUT2D eigenvalue weighted by atomic mass is 9.95. The molecule has 2 aliphatic rings. The van der Waals surface area contributed by atoms with Gasteiger partial charge in [0.05, 0.1) is 6.33 Å². The maximum absolute atomic E-state index is 12.7. The van der Waals surface area contributed by atoms with Crippen LogP contribution in [0.15, 0.2) is 6.33 Å². The second kappa shape index (κ2) is 7.62. The van der Waals surface area contributed by atoms with Crippen molar-refractivity contribution in [2.75, 3.05) is 13.1 Å². The zero-order valence-corrected chi connectivity index (χ0v) is 13.6. The number of nitrogens with one attached hydrogen (secondary N) is 2. The van der Waals surface area contributed by atoms with Gasteiger partial charge in [-0.3, -0.25) is 9.59 Å². The van der Waals surface area contributed by atoms with Crippen molar-refractivity contribution in [2.24, 2.45) is 0 Å². The van der Waals surface area contributed by atoms with E-state index in [-0.39, 0.29) is 23.6 Å². The third-order valence-electron chi connectivity index (χ3n) is 4.90. The van der Waals surface area contributed by atoms with Gasteiger partial charge in [0.25, 0.3) is 11.8 Å². The zero-order chi connectivity index (χ0) is 16.1. The van der Waals surface area contributed by atoms with Gasteiger partial charge in [-0.15, -0.1) is 0 Å². The molecule has 1 aliphatic heterocycles. The van der Waals surface area contributed by atoms with Gasteiger partial charge in [0.1, 0.15) is 5.69 Å². The fourth-order valence-electron chi connectivity index (χ4n) is 3.56. The summed E-state index contributed by atoms with van der Waals surface area (Å²) in [6, 6.07) is 0.217. The Hall–Kier alpha value is -1.85. The van der Waals surface area contributed by atoms with Gasteiger partial charge < -0.3 is 15.2 Å². The Balaban J connectivity index is 1.67. The van der Waals surface area contributed by atoms with Crippen LogP contribution in [0.2, 0.25) is 0 Å². The summed E-state index contributed by atoms with van der Waals surface area (Å²) in [5, 5.41) is 3.04. The van der Waals surface area contributed by atoms with Crippen molar-refractivity contribution in [2.45, 2.75) is 63.8 Å². The molecule has 0 radical (unpaired) electrons. The highest BCUT2D eigenvalue weighted by atomic mass is 16.2. The minimum atomic E-state index is -0.226. The molecule has 126 valence electrons. The quantitative estimate of drug-likeness (QED) is 0.899. The lowest BCUT2D eigenvalue weighted by Gasteiger charge is -2.23. The number of likely N-dealkylation sites (tertiary alicyclic amines) is 1. The van der Waals surface area contributed by atoms with Gasteiger partial charge in [-0.2, -0.15) is 0 Å². The number of amides is 2. The number of hydrogen-bond acceptors (Lipinski definition) is 3. The molecule has 1 aromatic heterocycles. The molecule has 0 bridgehead atoms. The summed E-state index contributed by atoms with van der Waals surface area (Å²) in [5.74, 6) is -0.325. The van der Waals surface area contributed by atoms with Crippen LogP contribution in [0.1, 0.15) is 78.8 Å². The van der Waals surface area contributed by atoms with Crippen molar-refractivity contribution in [3.63, 3.8) is 0 Å². The van der Waals surface area contributed by atoms with Crippen LogP contribution < -0.4 is 5.32 Å². The van der Waals surface area contributed by atoms with Crippen molar-refractivity contribution in [3.8, 4) is 0 Å². The first kappa shape index (κ1) is 16.0. The van der Waals surface area contributed by atoms with E-state index in [1.165, 1.54) is 25.6 Å². The van der Waals surface area contributed by atoms with E-state index in [1.54, 1.807) is 0 Å². The molecule has 0 aromatic carbocycles. The lowest BCUT2D eigenvalue weighted by Crippen LogP contribution is -2.38. The summed E-state index contributed by atoms with van der Waals surface area (Å²) in [5.41, 5.74) is 0.574. The van der Waals surface area contributed by atoms with E-state index in [4.69, 9.17) is 0 Å². The number of carbonyl (C=O) groups is 2. The highest BCUT2D eigenvalue weighted by Crippen LogP contribution is 2.19. The molecule has 2 heterocycles. The minimum absolute atomic E-state index is 0.0989. The largest absolute Gasteiger partial charge is 0.348 e. The summed E-state index contributed by atoms with van der Waals surface area (Å²) < 4.78 is 0. The monoisotopic (exact) mass is 318 g/mol. The Bertz CT molecular complexity index is 541. The smallest absolute Gasteiger partial charge is 0.272 e. The summed E-state index contributed by atoms with van der Waals surface area (Å²) in [6.07, 6.45) is 11.4. The fourth-order valence-corrected chi connectivity index (χ4v) is 3.56. The van der Waals surface area contributed by atoms with E-state index in [0.717, 1.165) is 51.6 Å². The summed E-state index contributed by atoms with van der Waals surface area (Å²) >= 11 is 0. The molecule has 6 heteroatoms. The molecule has 1 saturated carbocycles. The first-order valence-electron chi connectivity index (χ1n) is 8.89. The first-order chi connectivity index (χ1) is 11.3. The van der Waals surface area contributed by atoms with E-state index < -0.39 is 0 Å². The van der Waals surface area contributed by atoms with E-state index in [0.29, 0.717) is 5.69 Å². The van der Waals surface area contributed by atoms with Crippen LogP contribution in [0.3, 0.4) is 0 Å². The van der Waals surface area contributed by atoms with E-state index in [9.17, 15) is 9.59 Å². The molecule has 0 unspecified atom stereocenters. The topological polar surface area (TPSA) is 78.1 Å². The molecule has 3 rings (SSSR count). The molecule has 0 atom stereocenters. The number of hydrogen-bond donors (Lipinski definition) is 2. The Kier molecular flexibility index (Phi) is 5.31. The minimum Gasteiger partial charge on any atom is -0.348 e. The summed E-state index contributed by atoms with van der Waals surface area (Å²) in [4.78, 5) is 34.0. The summed E-state index contributed by atoms with van der Waals surface area (Å²) in [7, 11) is 0. The molecule has 1 saturated heterocycles. The Morgan fingerprint density at radius 2 is 1.70 bits per heavy atom. The first-order valence-corrected chi connectivity index (χ1v) is 8.89. The Morgan fingerprint density at radius 3 is 2.39 bits per heavy atom. The molecule has 2 N–H and O–H groups in total. The van der Waals surface area contributed by atoms with Crippen LogP contribution in [0.25, 0.3) is 0 Å². The van der Waals surface area contributed by atoms with E-state index in [2.05, 4.69) is 15.3 Å². The second-order valence-corrected chi connectivity index (χ2v) is 6.64. The number of rotatable bonds is 3.